The summed E-state index contributed by atoms with van der Waals surface area (Å²) in [5.74, 6) is 0. The van der Waals surface area contributed by atoms with Crippen molar-refractivity contribution in [3.05, 3.63) is 0 Å². The third kappa shape index (κ3) is 234. The van der Waals surface area contributed by atoms with E-state index in [0.29, 0.717) is 13.1 Å². The van der Waals surface area contributed by atoms with Crippen LogP contribution in [0, 0.1) is 0 Å². The number of hydrogen-bond acceptors (Lipinski definition) is 5. The molecule has 12 heavy (non-hydrogen) atoms. The Hall–Kier alpha value is -0.200. The molecule has 0 aliphatic rings. The summed E-state index contributed by atoms with van der Waals surface area (Å²) >= 11 is 0. The van der Waals surface area contributed by atoms with Gasteiger partial charge in [0, 0.05) is 19.2 Å². The molecule has 0 atom stereocenters. The van der Waals surface area contributed by atoms with Crippen LogP contribution in [-0.2, 0) is 0 Å². The molecule has 0 aromatic rings. The predicted molar refractivity (Wildman–Crippen MR) is 49.6 cm³/mol. The summed E-state index contributed by atoms with van der Waals surface area (Å²) in [6.45, 7) is 4.39. The van der Waals surface area contributed by atoms with Crippen molar-refractivity contribution in [1.82, 2.24) is 0 Å². The van der Waals surface area contributed by atoms with Crippen molar-refractivity contribution in [1.29, 1.82) is 0 Å². The van der Waals surface area contributed by atoms with Crippen LogP contribution in [0.15, 0.2) is 0 Å². The molecule has 0 saturated carbocycles. The van der Waals surface area contributed by atoms with Gasteiger partial charge in [-0.1, -0.05) is 0 Å². The fourth-order valence-electron chi connectivity index (χ4n) is 0. The molecule has 0 heterocycles. The van der Waals surface area contributed by atoms with E-state index in [2.05, 4.69) is 0 Å². The first kappa shape index (κ1) is 17.8. The van der Waals surface area contributed by atoms with Gasteiger partial charge in [-0.05, 0) is 13.8 Å². The fourth-order valence-corrected chi connectivity index (χ4v) is 0. The first-order valence-corrected chi connectivity index (χ1v) is 3.86. The van der Waals surface area contributed by atoms with Crippen LogP contribution in [0.4, 0.5) is 0 Å². The third-order valence-electron chi connectivity index (χ3n) is 0.258. The molecule has 0 aromatic heterocycles. The van der Waals surface area contributed by atoms with Crippen molar-refractivity contribution in [3.63, 3.8) is 0 Å². The summed E-state index contributed by atoms with van der Waals surface area (Å²) < 4.78 is 0. The Bertz CT molecular complexity index is 43.2. The lowest BCUT2D eigenvalue weighted by atomic mass is 10.5. The Balaban J connectivity index is -0.000000101. The van der Waals surface area contributed by atoms with Crippen molar-refractivity contribution in [2.45, 2.75) is 20.0 Å². The maximum atomic E-state index is 8.06. The van der Waals surface area contributed by atoms with E-state index in [1.54, 1.807) is 13.8 Å². The first-order valence-electron chi connectivity index (χ1n) is 3.86. The van der Waals surface area contributed by atoms with Crippen molar-refractivity contribution in [3.8, 4) is 0 Å². The van der Waals surface area contributed by atoms with E-state index in [1.165, 1.54) is 0 Å². The second-order valence-electron chi connectivity index (χ2n) is 2.12. The molecular formula is C7H22N2O3. The summed E-state index contributed by atoms with van der Waals surface area (Å²) in [6.07, 6.45) is -0.167. The maximum Gasteiger partial charge on any atom is 0.0553 e. The summed E-state index contributed by atoms with van der Waals surface area (Å²) in [5, 5.41) is 23.6. The van der Waals surface area contributed by atoms with Crippen LogP contribution in [0.25, 0.3) is 0 Å². The Morgan fingerprint density at radius 2 is 1.08 bits per heavy atom. The van der Waals surface area contributed by atoms with Crippen LogP contribution >= 0.6 is 0 Å². The zero-order chi connectivity index (χ0) is 10.4. The van der Waals surface area contributed by atoms with Crippen molar-refractivity contribution >= 4 is 0 Å². The van der Waals surface area contributed by atoms with Gasteiger partial charge in [-0.15, -0.1) is 0 Å². The van der Waals surface area contributed by atoms with Gasteiger partial charge < -0.3 is 26.8 Å². The molecule has 0 saturated heterocycles. The van der Waals surface area contributed by atoms with Gasteiger partial charge in [0.05, 0.1) is 13.2 Å². The molecule has 78 valence electrons. The lowest BCUT2D eigenvalue weighted by molar-refractivity contribution is 0.216. The lowest BCUT2D eigenvalue weighted by Gasteiger charge is -1.80. The van der Waals surface area contributed by atoms with Crippen LogP contribution in [0.2, 0.25) is 0 Å². The Morgan fingerprint density at radius 1 is 1.00 bits per heavy atom. The Kier molecular flexibility index (Phi) is 33.2. The Morgan fingerprint density at radius 3 is 1.08 bits per heavy atom. The minimum Gasteiger partial charge on any atom is -0.395 e. The SMILES string of the molecule is CC(C)O.NCCO.NCCO. The number of aliphatic hydroxyl groups is 3. The molecule has 0 fully saturated rings. The second kappa shape index (κ2) is 22.4. The van der Waals surface area contributed by atoms with Gasteiger partial charge in [0.2, 0.25) is 0 Å². The highest BCUT2D eigenvalue weighted by molar-refractivity contribution is 4.20. The molecule has 0 bridgehead atoms. The fraction of sp³-hybridized carbons (Fsp3) is 1.00. The summed E-state index contributed by atoms with van der Waals surface area (Å²) in [6, 6.07) is 0. The van der Waals surface area contributed by atoms with E-state index in [1.807, 2.05) is 0 Å². The number of hydrogen-bond donors (Lipinski definition) is 5. The van der Waals surface area contributed by atoms with Crippen molar-refractivity contribution in [2.24, 2.45) is 11.5 Å². The van der Waals surface area contributed by atoms with Gasteiger partial charge >= 0.3 is 0 Å². The van der Waals surface area contributed by atoms with Crippen LogP contribution in [0.3, 0.4) is 0 Å². The van der Waals surface area contributed by atoms with Crippen molar-refractivity contribution in [2.75, 3.05) is 26.3 Å². The van der Waals surface area contributed by atoms with E-state index in [-0.39, 0.29) is 19.3 Å². The molecule has 0 aliphatic carbocycles. The molecule has 0 aliphatic heterocycles. The molecule has 0 amide bonds. The monoisotopic (exact) mass is 182 g/mol. The molecule has 7 N–H and O–H groups in total. The van der Waals surface area contributed by atoms with Gasteiger partial charge in [0.25, 0.3) is 0 Å². The topological polar surface area (TPSA) is 113 Å². The minimum absolute atomic E-state index is 0.0972. The van der Waals surface area contributed by atoms with E-state index >= 15 is 0 Å². The van der Waals surface area contributed by atoms with Crippen LogP contribution in [0.1, 0.15) is 13.8 Å². The van der Waals surface area contributed by atoms with Crippen LogP contribution in [0.5, 0.6) is 0 Å². The largest absolute Gasteiger partial charge is 0.395 e. The van der Waals surface area contributed by atoms with Gasteiger partial charge in [-0.25, -0.2) is 0 Å². The number of rotatable bonds is 2. The third-order valence-corrected chi connectivity index (χ3v) is 0.258. The van der Waals surface area contributed by atoms with Crippen molar-refractivity contribution < 1.29 is 15.3 Å². The number of nitrogens with two attached hydrogens (primary N) is 2. The maximum absolute atomic E-state index is 8.06. The predicted octanol–water partition coefficient (Wildman–Crippen LogP) is -1.74. The van der Waals surface area contributed by atoms with Crippen LogP contribution < -0.4 is 11.5 Å². The van der Waals surface area contributed by atoms with E-state index < -0.39 is 0 Å². The first-order chi connectivity index (χ1) is 5.56. The molecule has 0 aromatic carbocycles. The van der Waals surface area contributed by atoms with Gasteiger partial charge in [0.15, 0.2) is 0 Å². The molecule has 5 heteroatoms. The number of aliphatic hydroxyl groups excluding tert-OH is 3. The quantitative estimate of drug-likeness (QED) is 0.348. The summed E-state index contributed by atoms with van der Waals surface area (Å²) in [7, 11) is 0. The molecule has 0 rings (SSSR count). The standard InChI is InChI=1S/C3H8O.2C2H7NO/c1-3(2)4;2*3-1-2-4/h3-4H,1-2H3;2*4H,1-3H2. The van der Waals surface area contributed by atoms with E-state index in [4.69, 9.17) is 26.8 Å². The smallest absolute Gasteiger partial charge is 0.0553 e. The summed E-state index contributed by atoms with van der Waals surface area (Å²) in [4.78, 5) is 0. The zero-order valence-corrected chi connectivity index (χ0v) is 7.90. The Labute approximate surface area is 74.0 Å². The molecule has 0 radical (unpaired) electrons. The molecular weight excluding hydrogens is 160 g/mol. The lowest BCUT2D eigenvalue weighted by Crippen LogP contribution is -2.02. The van der Waals surface area contributed by atoms with Gasteiger partial charge in [-0.2, -0.15) is 0 Å². The summed E-state index contributed by atoms with van der Waals surface area (Å²) in [5.41, 5.74) is 9.56. The van der Waals surface area contributed by atoms with Gasteiger partial charge in [0.1, 0.15) is 0 Å². The molecule has 5 nitrogen and oxygen atoms in total. The highest BCUT2D eigenvalue weighted by atomic mass is 16.3. The normalized spacial score (nSPS) is 8.00. The molecule has 0 spiro atoms. The average Bonchev–Trinajstić information content (AvgIpc) is 2.03. The highest BCUT2D eigenvalue weighted by Gasteiger charge is 1.69. The van der Waals surface area contributed by atoms with E-state index in [0.717, 1.165) is 0 Å². The average molecular weight is 182 g/mol. The molecule has 0 unspecified atom stereocenters. The van der Waals surface area contributed by atoms with Gasteiger partial charge in [-0.3, -0.25) is 0 Å². The van der Waals surface area contributed by atoms with E-state index in [9.17, 15) is 0 Å². The van der Waals surface area contributed by atoms with Crippen LogP contribution in [-0.4, -0.2) is 47.7 Å². The zero-order valence-electron chi connectivity index (χ0n) is 7.90. The second-order valence-corrected chi connectivity index (χ2v) is 2.12. The minimum atomic E-state index is -0.167. The highest BCUT2D eigenvalue weighted by Crippen LogP contribution is 1.65.